The second-order valence-corrected chi connectivity index (χ2v) is 7.05. The maximum absolute atomic E-state index is 14.4. The highest BCUT2D eigenvalue weighted by Gasteiger charge is 2.20. The Kier molecular flexibility index (Phi) is 6.82. The summed E-state index contributed by atoms with van der Waals surface area (Å²) in [6.07, 6.45) is 3.37. The number of carbonyl (C=O) groups excluding carboxylic acids is 1. The summed E-state index contributed by atoms with van der Waals surface area (Å²) < 4.78 is 19.9. The van der Waals surface area contributed by atoms with Gasteiger partial charge in [-0.2, -0.15) is 0 Å². The Bertz CT molecular complexity index is 600. The van der Waals surface area contributed by atoms with Crippen molar-refractivity contribution in [3.63, 3.8) is 0 Å². The van der Waals surface area contributed by atoms with Crippen molar-refractivity contribution < 1.29 is 19.0 Å². The monoisotopic (exact) mass is 365 g/mol. The lowest BCUT2D eigenvalue weighted by Crippen LogP contribution is -2.37. The van der Waals surface area contributed by atoms with Gasteiger partial charge in [-0.3, -0.25) is 4.79 Å². The van der Waals surface area contributed by atoms with E-state index in [1.165, 1.54) is 6.07 Å². The van der Waals surface area contributed by atoms with E-state index in [2.05, 4.69) is 10.6 Å². The van der Waals surface area contributed by atoms with Gasteiger partial charge in [0, 0.05) is 32.8 Å². The second-order valence-electron chi connectivity index (χ2n) is 7.05. The number of piperidine rings is 1. The number of benzene rings is 1. The molecule has 2 saturated heterocycles. The maximum Gasteiger partial charge on any atom is 0.234 e. The van der Waals surface area contributed by atoms with E-state index in [1.807, 2.05) is 11.0 Å². The number of nitrogens with one attached hydrogen (secondary N) is 2. The van der Waals surface area contributed by atoms with Crippen LogP contribution in [0.4, 0.5) is 10.1 Å². The molecule has 1 amide bonds. The van der Waals surface area contributed by atoms with Gasteiger partial charge in [0.15, 0.2) is 0 Å². The predicted molar refractivity (Wildman–Crippen MR) is 97.5 cm³/mol. The van der Waals surface area contributed by atoms with Crippen molar-refractivity contribution in [1.29, 1.82) is 0 Å². The Morgan fingerprint density at radius 2 is 2.12 bits per heavy atom. The van der Waals surface area contributed by atoms with Crippen LogP contribution >= 0.6 is 0 Å². The van der Waals surface area contributed by atoms with Gasteiger partial charge >= 0.3 is 0 Å². The van der Waals surface area contributed by atoms with Crippen molar-refractivity contribution in [2.24, 2.45) is 0 Å². The molecule has 6 nitrogen and oxygen atoms in total. The summed E-state index contributed by atoms with van der Waals surface area (Å²) >= 11 is 0. The molecule has 1 aromatic carbocycles. The van der Waals surface area contributed by atoms with Crippen LogP contribution in [0.15, 0.2) is 18.2 Å². The molecular weight excluding hydrogens is 337 g/mol. The zero-order valence-electron chi connectivity index (χ0n) is 15.0. The fraction of sp³-hybridized carbons (Fsp3) is 0.632. The molecule has 0 radical (unpaired) electrons. The van der Waals surface area contributed by atoms with E-state index in [-0.39, 0.29) is 30.5 Å². The van der Waals surface area contributed by atoms with Gasteiger partial charge in [0.2, 0.25) is 5.91 Å². The summed E-state index contributed by atoms with van der Waals surface area (Å²) in [7, 11) is 0. The third kappa shape index (κ3) is 5.40. The number of carbonyl (C=O) groups is 1. The van der Waals surface area contributed by atoms with Gasteiger partial charge in [0.25, 0.3) is 0 Å². The van der Waals surface area contributed by atoms with Crippen LogP contribution in [-0.4, -0.2) is 56.0 Å². The minimum atomic E-state index is -0.287. The van der Waals surface area contributed by atoms with Crippen LogP contribution in [0.1, 0.15) is 31.2 Å². The van der Waals surface area contributed by atoms with Gasteiger partial charge in [-0.1, -0.05) is 6.07 Å². The fourth-order valence-corrected chi connectivity index (χ4v) is 3.44. The zero-order chi connectivity index (χ0) is 18.4. The summed E-state index contributed by atoms with van der Waals surface area (Å²) in [5.41, 5.74) is 1.29. The number of aliphatic hydroxyl groups excluding tert-OH is 1. The average Bonchev–Trinajstić information content (AvgIpc) is 3.14. The van der Waals surface area contributed by atoms with Crippen molar-refractivity contribution >= 4 is 11.6 Å². The van der Waals surface area contributed by atoms with Crippen LogP contribution in [0, 0.1) is 5.82 Å². The van der Waals surface area contributed by atoms with Crippen molar-refractivity contribution in [3.05, 3.63) is 29.6 Å². The molecule has 7 heteroatoms. The molecule has 0 aromatic heterocycles. The molecule has 2 aliphatic heterocycles. The number of anilines is 1. The molecule has 0 spiro atoms. The Hall–Kier alpha value is -1.70. The van der Waals surface area contributed by atoms with E-state index in [1.54, 1.807) is 6.07 Å². The summed E-state index contributed by atoms with van der Waals surface area (Å²) in [6, 6.07) is 5.06. The van der Waals surface area contributed by atoms with E-state index in [9.17, 15) is 14.3 Å². The van der Waals surface area contributed by atoms with Gasteiger partial charge in [-0.15, -0.1) is 0 Å². The number of hydrogen-bond acceptors (Lipinski definition) is 5. The molecule has 3 rings (SSSR count). The standard InChI is InChI=1S/C19H28FN3O3/c20-17-10-14(3-4-18(17)23-7-5-15(24)6-8-23)11-22-19(25)13-21-12-16-2-1-9-26-16/h3-4,10,15-16,21,24H,1-2,5-9,11-13H2,(H,22,25). The van der Waals surface area contributed by atoms with Gasteiger partial charge < -0.3 is 25.4 Å². The number of rotatable bonds is 7. The van der Waals surface area contributed by atoms with Gasteiger partial charge in [0.1, 0.15) is 5.82 Å². The van der Waals surface area contributed by atoms with Crippen LogP contribution in [0.2, 0.25) is 0 Å². The van der Waals surface area contributed by atoms with E-state index < -0.39 is 0 Å². The van der Waals surface area contributed by atoms with Gasteiger partial charge in [-0.25, -0.2) is 4.39 Å². The molecule has 1 unspecified atom stereocenters. The first-order chi connectivity index (χ1) is 12.6. The molecule has 2 aliphatic rings. The van der Waals surface area contributed by atoms with Crippen LogP contribution in [0.25, 0.3) is 0 Å². The van der Waals surface area contributed by atoms with Crippen molar-refractivity contribution in [3.8, 4) is 0 Å². The molecule has 0 aliphatic carbocycles. The van der Waals surface area contributed by atoms with Crippen molar-refractivity contribution in [2.45, 2.75) is 44.4 Å². The van der Waals surface area contributed by atoms with E-state index >= 15 is 0 Å². The first-order valence-electron chi connectivity index (χ1n) is 9.42. The highest BCUT2D eigenvalue weighted by molar-refractivity contribution is 5.78. The normalized spacial score (nSPS) is 21.2. The van der Waals surface area contributed by atoms with Crippen LogP contribution in [0.5, 0.6) is 0 Å². The predicted octanol–water partition coefficient (Wildman–Crippen LogP) is 1.17. The first-order valence-corrected chi connectivity index (χ1v) is 9.42. The fourth-order valence-electron chi connectivity index (χ4n) is 3.44. The van der Waals surface area contributed by atoms with E-state index in [0.717, 1.165) is 25.0 Å². The molecule has 3 N–H and O–H groups in total. The van der Waals surface area contributed by atoms with Crippen molar-refractivity contribution in [1.82, 2.24) is 10.6 Å². The highest BCUT2D eigenvalue weighted by Crippen LogP contribution is 2.24. The molecular formula is C19H28FN3O3. The van der Waals surface area contributed by atoms with Crippen molar-refractivity contribution in [2.75, 3.05) is 37.7 Å². The summed E-state index contributed by atoms with van der Waals surface area (Å²) in [6.45, 7) is 3.33. The molecule has 144 valence electrons. The van der Waals surface area contributed by atoms with Crippen LogP contribution in [0.3, 0.4) is 0 Å². The molecule has 2 fully saturated rings. The second kappa shape index (κ2) is 9.30. The largest absolute Gasteiger partial charge is 0.393 e. The number of nitrogens with zero attached hydrogens (tertiary/aromatic N) is 1. The molecule has 0 bridgehead atoms. The smallest absolute Gasteiger partial charge is 0.234 e. The molecule has 2 heterocycles. The minimum absolute atomic E-state index is 0.113. The number of ether oxygens (including phenoxy) is 1. The van der Waals surface area contributed by atoms with E-state index in [0.29, 0.717) is 44.7 Å². The van der Waals surface area contributed by atoms with Gasteiger partial charge in [0.05, 0.1) is 24.4 Å². The summed E-state index contributed by atoms with van der Waals surface area (Å²) in [5.74, 6) is -0.401. The average molecular weight is 365 g/mol. The quantitative estimate of drug-likeness (QED) is 0.677. The SMILES string of the molecule is O=C(CNCC1CCCO1)NCc1ccc(N2CCC(O)CC2)c(F)c1. The zero-order valence-corrected chi connectivity index (χ0v) is 15.0. The molecule has 1 aromatic rings. The number of halogens is 1. The van der Waals surface area contributed by atoms with E-state index in [4.69, 9.17) is 4.74 Å². The van der Waals surface area contributed by atoms with Gasteiger partial charge in [-0.05, 0) is 43.4 Å². The molecule has 26 heavy (non-hydrogen) atoms. The lowest BCUT2D eigenvalue weighted by atomic mass is 10.1. The summed E-state index contributed by atoms with van der Waals surface area (Å²) in [4.78, 5) is 13.8. The number of amides is 1. The third-order valence-electron chi connectivity index (χ3n) is 4.99. The maximum atomic E-state index is 14.4. The Morgan fingerprint density at radius 1 is 1.31 bits per heavy atom. The lowest BCUT2D eigenvalue weighted by Gasteiger charge is -2.31. The minimum Gasteiger partial charge on any atom is -0.393 e. The molecule has 1 atom stereocenters. The van der Waals surface area contributed by atoms with Crippen LogP contribution in [-0.2, 0) is 16.1 Å². The Morgan fingerprint density at radius 3 is 2.81 bits per heavy atom. The Balaban J connectivity index is 1.41. The topological polar surface area (TPSA) is 73.8 Å². The highest BCUT2D eigenvalue weighted by atomic mass is 19.1. The first kappa shape index (κ1) is 19.1. The van der Waals surface area contributed by atoms with Crippen LogP contribution < -0.4 is 15.5 Å². The number of aliphatic hydroxyl groups is 1. The molecule has 0 saturated carbocycles. The lowest BCUT2D eigenvalue weighted by molar-refractivity contribution is -0.120. The third-order valence-corrected chi connectivity index (χ3v) is 4.99. The Labute approximate surface area is 153 Å². The number of hydrogen-bond donors (Lipinski definition) is 3. The summed E-state index contributed by atoms with van der Waals surface area (Å²) in [5, 5.41) is 15.5.